The Bertz CT molecular complexity index is 477. The van der Waals surface area contributed by atoms with Crippen molar-refractivity contribution >= 4 is 39.1 Å². The average molecular weight is 351 g/mol. The lowest BCUT2D eigenvalue weighted by Gasteiger charge is -2.23. The van der Waals surface area contributed by atoms with Crippen molar-refractivity contribution in [1.82, 2.24) is 0 Å². The molecule has 19 heavy (non-hydrogen) atoms. The first-order chi connectivity index (χ1) is 8.81. The smallest absolute Gasteiger partial charge is 0.256 e. The van der Waals surface area contributed by atoms with Gasteiger partial charge in [-0.1, -0.05) is 11.6 Å². The SMILES string of the molecule is CCOc1c(Br)cc(Cl)cc1NC(=O)C(C)(C)OC. The van der Waals surface area contributed by atoms with Crippen LogP contribution in [0.1, 0.15) is 20.8 Å². The van der Waals surface area contributed by atoms with Gasteiger partial charge >= 0.3 is 0 Å². The summed E-state index contributed by atoms with van der Waals surface area (Å²) >= 11 is 9.35. The summed E-state index contributed by atoms with van der Waals surface area (Å²) in [5.74, 6) is 0.275. The molecule has 0 heterocycles. The van der Waals surface area contributed by atoms with Gasteiger partial charge in [0.1, 0.15) is 5.60 Å². The Morgan fingerprint density at radius 2 is 2.11 bits per heavy atom. The Balaban J connectivity index is 3.09. The van der Waals surface area contributed by atoms with Crippen molar-refractivity contribution in [2.45, 2.75) is 26.4 Å². The van der Waals surface area contributed by atoms with Crippen molar-refractivity contribution in [2.24, 2.45) is 0 Å². The molecule has 0 aliphatic heterocycles. The molecule has 1 aromatic carbocycles. The molecular formula is C13H17BrClNO3. The molecule has 0 saturated heterocycles. The number of benzene rings is 1. The molecule has 0 atom stereocenters. The van der Waals surface area contributed by atoms with Crippen molar-refractivity contribution in [3.8, 4) is 5.75 Å². The summed E-state index contributed by atoms with van der Waals surface area (Å²) in [6.07, 6.45) is 0. The minimum Gasteiger partial charge on any atom is -0.491 e. The molecule has 0 unspecified atom stereocenters. The van der Waals surface area contributed by atoms with Gasteiger partial charge in [0.25, 0.3) is 5.91 Å². The van der Waals surface area contributed by atoms with Gasteiger partial charge in [0.15, 0.2) is 5.75 Å². The topological polar surface area (TPSA) is 47.6 Å². The molecule has 0 aliphatic carbocycles. The lowest BCUT2D eigenvalue weighted by molar-refractivity contribution is -0.133. The Labute approximate surface area is 126 Å². The molecule has 0 spiro atoms. The number of amides is 1. The summed E-state index contributed by atoms with van der Waals surface area (Å²) in [6.45, 7) is 5.72. The fraction of sp³-hybridized carbons (Fsp3) is 0.462. The van der Waals surface area contributed by atoms with E-state index in [1.54, 1.807) is 26.0 Å². The minimum absolute atomic E-state index is 0.273. The first kappa shape index (κ1) is 16.3. The van der Waals surface area contributed by atoms with E-state index < -0.39 is 5.60 Å². The molecule has 1 amide bonds. The second kappa shape index (κ2) is 6.59. The van der Waals surface area contributed by atoms with Crippen molar-refractivity contribution in [3.63, 3.8) is 0 Å². The van der Waals surface area contributed by atoms with E-state index in [1.807, 2.05) is 6.92 Å². The number of hydrogen-bond donors (Lipinski definition) is 1. The van der Waals surface area contributed by atoms with Gasteiger partial charge in [-0.3, -0.25) is 4.79 Å². The van der Waals surface area contributed by atoms with Gasteiger partial charge in [-0.2, -0.15) is 0 Å². The maximum absolute atomic E-state index is 12.1. The first-order valence-electron chi connectivity index (χ1n) is 5.80. The van der Waals surface area contributed by atoms with Crippen LogP contribution in [-0.4, -0.2) is 25.2 Å². The van der Waals surface area contributed by atoms with E-state index in [2.05, 4.69) is 21.2 Å². The molecule has 0 aliphatic rings. The van der Waals surface area contributed by atoms with Gasteiger partial charge in [0, 0.05) is 12.1 Å². The monoisotopic (exact) mass is 349 g/mol. The molecule has 0 aromatic heterocycles. The molecule has 1 N–H and O–H groups in total. The zero-order valence-corrected chi connectivity index (χ0v) is 13.7. The van der Waals surface area contributed by atoms with Crippen molar-refractivity contribution in [3.05, 3.63) is 21.6 Å². The third-order valence-corrected chi connectivity index (χ3v) is 3.41. The van der Waals surface area contributed by atoms with E-state index in [9.17, 15) is 4.79 Å². The molecule has 1 rings (SSSR count). The number of carbonyl (C=O) groups is 1. The lowest BCUT2D eigenvalue weighted by Crippen LogP contribution is -2.38. The molecule has 0 fully saturated rings. The van der Waals surface area contributed by atoms with Crippen LogP contribution in [0.15, 0.2) is 16.6 Å². The number of anilines is 1. The number of ether oxygens (including phenoxy) is 2. The van der Waals surface area contributed by atoms with Gasteiger partial charge < -0.3 is 14.8 Å². The van der Waals surface area contributed by atoms with E-state index in [0.717, 1.165) is 0 Å². The Morgan fingerprint density at radius 1 is 1.47 bits per heavy atom. The molecule has 4 nitrogen and oxygen atoms in total. The molecule has 0 bridgehead atoms. The van der Waals surface area contributed by atoms with Gasteiger partial charge in [-0.25, -0.2) is 0 Å². The largest absolute Gasteiger partial charge is 0.491 e. The van der Waals surface area contributed by atoms with E-state index in [-0.39, 0.29) is 5.91 Å². The van der Waals surface area contributed by atoms with Crippen LogP contribution in [0.3, 0.4) is 0 Å². The van der Waals surface area contributed by atoms with Gasteiger partial charge in [-0.05, 0) is 48.8 Å². The number of nitrogens with one attached hydrogen (secondary N) is 1. The van der Waals surface area contributed by atoms with Crippen LogP contribution in [0.5, 0.6) is 5.75 Å². The molecule has 0 saturated carbocycles. The van der Waals surface area contributed by atoms with Crippen molar-refractivity contribution in [1.29, 1.82) is 0 Å². The lowest BCUT2D eigenvalue weighted by atomic mass is 10.1. The highest BCUT2D eigenvalue weighted by molar-refractivity contribution is 9.10. The van der Waals surface area contributed by atoms with E-state index in [0.29, 0.717) is 27.5 Å². The van der Waals surface area contributed by atoms with E-state index in [1.165, 1.54) is 7.11 Å². The van der Waals surface area contributed by atoms with Crippen LogP contribution in [0.4, 0.5) is 5.69 Å². The number of methoxy groups -OCH3 is 1. The van der Waals surface area contributed by atoms with E-state index >= 15 is 0 Å². The summed E-state index contributed by atoms with van der Waals surface area (Å²) in [5.41, 5.74) is -0.422. The predicted molar refractivity (Wildman–Crippen MR) is 80.0 cm³/mol. The highest BCUT2D eigenvalue weighted by Crippen LogP contribution is 2.37. The van der Waals surface area contributed by atoms with Crippen molar-refractivity contribution < 1.29 is 14.3 Å². The van der Waals surface area contributed by atoms with Crippen LogP contribution in [0.25, 0.3) is 0 Å². The quantitative estimate of drug-likeness (QED) is 0.877. The summed E-state index contributed by atoms with van der Waals surface area (Å²) in [6, 6.07) is 3.35. The molecule has 6 heteroatoms. The van der Waals surface area contributed by atoms with E-state index in [4.69, 9.17) is 21.1 Å². The highest BCUT2D eigenvalue weighted by Gasteiger charge is 2.28. The molecular weight excluding hydrogens is 334 g/mol. The third-order valence-electron chi connectivity index (χ3n) is 2.60. The van der Waals surface area contributed by atoms with Crippen molar-refractivity contribution in [2.75, 3.05) is 19.0 Å². The number of hydrogen-bond acceptors (Lipinski definition) is 3. The number of rotatable bonds is 5. The van der Waals surface area contributed by atoms with Crippen LogP contribution < -0.4 is 10.1 Å². The Kier molecular flexibility index (Phi) is 5.64. The van der Waals surface area contributed by atoms with Crippen LogP contribution in [0.2, 0.25) is 5.02 Å². The third kappa shape index (κ3) is 4.09. The maximum atomic E-state index is 12.1. The van der Waals surface area contributed by atoms with Crippen LogP contribution in [-0.2, 0) is 9.53 Å². The Hall–Kier alpha value is -0.780. The summed E-state index contributed by atoms with van der Waals surface area (Å²) in [4.78, 5) is 12.1. The zero-order valence-electron chi connectivity index (χ0n) is 11.3. The van der Waals surface area contributed by atoms with Gasteiger partial charge in [0.05, 0.1) is 16.8 Å². The highest BCUT2D eigenvalue weighted by atomic mass is 79.9. The fourth-order valence-corrected chi connectivity index (χ4v) is 2.23. The summed E-state index contributed by atoms with van der Waals surface area (Å²) in [5, 5.41) is 3.27. The fourth-order valence-electron chi connectivity index (χ4n) is 1.31. The average Bonchev–Trinajstić information content (AvgIpc) is 2.33. The Morgan fingerprint density at radius 3 is 2.63 bits per heavy atom. The van der Waals surface area contributed by atoms with Gasteiger partial charge in [0.2, 0.25) is 0 Å². The minimum atomic E-state index is -0.932. The first-order valence-corrected chi connectivity index (χ1v) is 6.97. The van der Waals surface area contributed by atoms with Crippen LogP contribution >= 0.6 is 27.5 Å². The standard InChI is InChI=1S/C13H17BrClNO3/c1-5-19-11-9(14)6-8(15)7-10(11)16-12(17)13(2,3)18-4/h6-7H,5H2,1-4H3,(H,16,17). The van der Waals surface area contributed by atoms with Gasteiger partial charge in [-0.15, -0.1) is 0 Å². The normalized spacial score (nSPS) is 11.3. The number of carbonyl (C=O) groups excluding carboxylic acids is 1. The second-order valence-corrected chi connectivity index (χ2v) is 5.66. The number of halogens is 2. The maximum Gasteiger partial charge on any atom is 0.256 e. The summed E-state index contributed by atoms with van der Waals surface area (Å²) < 4.78 is 11.3. The zero-order chi connectivity index (χ0) is 14.6. The van der Waals surface area contributed by atoms with Crippen LogP contribution in [0, 0.1) is 0 Å². The predicted octanol–water partition coefficient (Wildman–Crippen LogP) is 3.86. The summed E-state index contributed by atoms with van der Waals surface area (Å²) in [7, 11) is 1.48. The second-order valence-electron chi connectivity index (χ2n) is 4.37. The molecule has 0 radical (unpaired) electrons. The molecule has 106 valence electrons. The molecule has 1 aromatic rings.